The lowest BCUT2D eigenvalue weighted by atomic mass is 10.1. The van der Waals surface area contributed by atoms with Gasteiger partial charge in [0.1, 0.15) is 5.75 Å². The molecule has 1 fully saturated rings. The van der Waals surface area contributed by atoms with Crippen LogP contribution in [0.25, 0.3) is 0 Å². The fourth-order valence-electron chi connectivity index (χ4n) is 2.02. The number of likely N-dealkylation sites (N-methyl/N-ethyl adjacent to an activating group) is 1. The Morgan fingerprint density at radius 2 is 1.95 bits per heavy atom. The topological polar surface area (TPSA) is 39.7 Å². The minimum absolute atomic E-state index is 0.215. The fraction of sp³-hybridized carbons (Fsp3) is 0.625. The Labute approximate surface area is 121 Å². The average Bonchev–Trinajstić information content (AvgIpc) is 3.27. The maximum atomic E-state index is 5.76. The van der Waals surface area contributed by atoms with Crippen LogP contribution < -0.4 is 10.1 Å². The monoisotopic (exact) mass is 279 g/mol. The molecule has 1 atom stereocenters. The number of hydrogen-bond donors (Lipinski definition) is 1. The summed E-state index contributed by atoms with van der Waals surface area (Å²) in [4.78, 5) is 0. The van der Waals surface area contributed by atoms with Crippen molar-refractivity contribution in [2.75, 3.05) is 33.5 Å². The lowest BCUT2D eigenvalue weighted by Gasteiger charge is -2.19. The normalized spacial score (nSPS) is 16.1. The summed E-state index contributed by atoms with van der Waals surface area (Å²) in [5.41, 5.74) is 1.23. The van der Waals surface area contributed by atoms with Gasteiger partial charge in [-0.2, -0.15) is 0 Å². The van der Waals surface area contributed by atoms with E-state index in [1.165, 1.54) is 18.4 Å². The van der Waals surface area contributed by atoms with Crippen molar-refractivity contribution in [3.05, 3.63) is 29.8 Å². The molecule has 1 saturated carbocycles. The van der Waals surface area contributed by atoms with Crippen LogP contribution in [0.15, 0.2) is 24.3 Å². The third-order valence-electron chi connectivity index (χ3n) is 3.28. The number of methoxy groups -OCH3 is 1. The molecule has 1 aromatic carbocycles. The molecule has 1 aliphatic rings. The molecule has 1 aromatic rings. The Bertz CT molecular complexity index is 376. The molecule has 0 amide bonds. The second kappa shape index (κ2) is 8.25. The van der Waals surface area contributed by atoms with Crippen molar-refractivity contribution in [3.8, 4) is 5.75 Å². The highest BCUT2D eigenvalue weighted by Gasteiger charge is 2.23. The molecule has 1 aliphatic carbocycles. The van der Waals surface area contributed by atoms with Crippen LogP contribution in [0.3, 0.4) is 0 Å². The zero-order valence-corrected chi connectivity index (χ0v) is 12.4. The first-order chi connectivity index (χ1) is 9.83. The van der Waals surface area contributed by atoms with Crippen LogP contribution >= 0.6 is 0 Å². The van der Waals surface area contributed by atoms with Gasteiger partial charge in [0, 0.05) is 7.11 Å². The predicted molar refractivity (Wildman–Crippen MR) is 79.2 cm³/mol. The molecule has 2 rings (SSSR count). The maximum Gasteiger partial charge on any atom is 0.119 e. The number of ether oxygens (including phenoxy) is 3. The zero-order valence-electron chi connectivity index (χ0n) is 12.4. The van der Waals surface area contributed by atoms with Gasteiger partial charge in [-0.1, -0.05) is 19.1 Å². The van der Waals surface area contributed by atoms with Crippen molar-refractivity contribution < 1.29 is 14.2 Å². The van der Waals surface area contributed by atoms with Crippen LogP contribution in [0.5, 0.6) is 5.75 Å². The second-order valence-corrected chi connectivity index (χ2v) is 5.06. The summed E-state index contributed by atoms with van der Waals surface area (Å²) >= 11 is 0. The minimum Gasteiger partial charge on any atom is -0.490 e. The van der Waals surface area contributed by atoms with Crippen molar-refractivity contribution in [2.45, 2.75) is 31.9 Å². The quantitative estimate of drug-likeness (QED) is 0.668. The van der Waals surface area contributed by atoms with Crippen molar-refractivity contribution in [1.29, 1.82) is 0 Å². The highest BCUT2D eigenvalue weighted by molar-refractivity contribution is 5.29. The molecular weight excluding hydrogens is 254 g/mol. The first-order valence-electron chi connectivity index (χ1n) is 7.40. The molecule has 0 radical (unpaired) electrons. The Kier molecular flexibility index (Phi) is 6.30. The first kappa shape index (κ1) is 15.3. The Balaban J connectivity index is 1.86. The minimum atomic E-state index is 0.215. The van der Waals surface area contributed by atoms with Crippen molar-refractivity contribution in [3.63, 3.8) is 0 Å². The molecule has 0 bridgehead atoms. The standard InChI is InChI=1S/C16H25NO3/c1-3-17-16(12-19-11-10-18-2)13-4-6-14(7-5-13)20-15-8-9-15/h4-7,15-17H,3,8-12H2,1-2H3. The molecule has 1 N–H and O–H groups in total. The van der Waals surface area contributed by atoms with E-state index in [1.807, 2.05) is 12.1 Å². The Morgan fingerprint density at radius 3 is 2.55 bits per heavy atom. The maximum absolute atomic E-state index is 5.76. The highest BCUT2D eigenvalue weighted by atomic mass is 16.5. The van der Waals surface area contributed by atoms with Gasteiger partial charge in [-0.15, -0.1) is 0 Å². The highest BCUT2D eigenvalue weighted by Crippen LogP contribution is 2.27. The van der Waals surface area contributed by atoms with Crippen molar-refractivity contribution in [1.82, 2.24) is 5.32 Å². The molecular formula is C16H25NO3. The molecule has 0 aromatic heterocycles. The first-order valence-corrected chi connectivity index (χ1v) is 7.40. The van der Waals surface area contributed by atoms with Crippen LogP contribution in [0.1, 0.15) is 31.4 Å². The Morgan fingerprint density at radius 1 is 1.20 bits per heavy atom. The third-order valence-corrected chi connectivity index (χ3v) is 3.28. The summed E-state index contributed by atoms with van der Waals surface area (Å²) in [6.07, 6.45) is 2.83. The van der Waals surface area contributed by atoms with Crippen LogP contribution in [-0.4, -0.2) is 39.6 Å². The number of hydrogen-bond acceptors (Lipinski definition) is 4. The van der Waals surface area contributed by atoms with E-state index in [-0.39, 0.29) is 6.04 Å². The van der Waals surface area contributed by atoms with Gasteiger partial charge >= 0.3 is 0 Å². The zero-order chi connectivity index (χ0) is 14.2. The van der Waals surface area contributed by atoms with E-state index in [2.05, 4.69) is 24.4 Å². The van der Waals surface area contributed by atoms with Crippen LogP contribution in [0.4, 0.5) is 0 Å². The third kappa shape index (κ3) is 5.12. The van der Waals surface area contributed by atoms with E-state index in [0.717, 1.165) is 12.3 Å². The number of benzene rings is 1. The molecule has 1 unspecified atom stereocenters. The fourth-order valence-corrected chi connectivity index (χ4v) is 2.02. The predicted octanol–water partition coefficient (Wildman–Crippen LogP) is 2.54. The van der Waals surface area contributed by atoms with E-state index in [9.17, 15) is 0 Å². The smallest absolute Gasteiger partial charge is 0.119 e. The summed E-state index contributed by atoms with van der Waals surface area (Å²) < 4.78 is 16.4. The summed E-state index contributed by atoms with van der Waals surface area (Å²) in [6.45, 7) is 4.93. The molecule has 112 valence electrons. The lowest BCUT2D eigenvalue weighted by molar-refractivity contribution is 0.0588. The molecule has 4 heteroatoms. The van der Waals surface area contributed by atoms with Gasteiger partial charge in [-0.3, -0.25) is 0 Å². The SMILES string of the molecule is CCNC(COCCOC)c1ccc(OC2CC2)cc1. The Hall–Kier alpha value is -1.10. The van der Waals surface area contributed by atoms with Crippen molar-refractivity contribution in [2.24, 2.45) is 0 Å². The lowest BCUT2D eigenvalue weighted by Crippen LogP contribution is -2.26. The molecule has 4 nitrogen and oxygen atoms in total. The average molecular weight is 279 g/mol. The van der Waals surface area contributed by atoms with Gasteiger partial charge in [0.25, 0.3) is 0 Å². The van der Waals surface area contributed by atoms with Crippen LogP contribution in [0, 0.1) is 0 Å². The van der Waals surface area contributed by atoms with E-state index >= 15 is 0 Å². The molecule has 20 heavy (non-hydrogen) atoms. The number of nitrogens with one attached hydrogen (secondary N) is 1. The summed E-state index contributed by atoms with van der Waals surface area (Å²) in [7, 11) is 1.68. The van der Waals surface area contributed by atoms with E-state index in [4.69, 9.17) is 14.2 Å². The van der Waals surface area contributed by atoms with Gasteiger partial charge in [0.15, 0.2) is 0 Å². The van der Waals surface area contributed by atoms with E-state index in [0.29, 0.717) is 25.9 Å². The van der Waals surface area contributed by atoms with Gasteiger partial charge in [-0.05, 0) is 37.1 Å². The van der Waals surface area contributed by atoms with Crippen LogP contribution in [-0.2, 0) is 9.47 Å². The summed E-state index contributed by atoms with van der Waals surface area (Å²) in [5.74, 6) is 0.965. The van der Waals surface area contributed by atoms with Crippen molar-refractivity contribution >= 4 is 0 Å². The van der Waals surface area contributed by atoms with E-state index in [1.54, 1.807) is 7.11 Å². The van der Waals surface area contributed by atoms with Gasteiger partial charge in [0.05, 0.1) is 32.0 Å². The molecule has 0 spiro atoms. The summed E-state index contributed by atoms with van der Waals surface area (Å²) in [6, 6.07) is 8.54. The molecule has 0 heterocycles. The second-order valence-electron chi connectivity index (χ2n) is 5.06. The molecule has 0 saturated heterocycles. The molecule has 0 aliphatic heterocycles. The summed E-state index contributed by atoms with van der Waals surface area (Å²) in [5, 5.41) is 3.44. The largest absolute Gasteiger partial charge is 0.490 e. The van der Waals surface area contributed by atoms with Gasteiger partial charge in [-0.25, -0.2) is 0 Å². The number of rotatable bonds is 10. The van der Waals surface area contributed by atoms with Gasteiger partial charge < -0.3 is 19.5 Å². The van der Waals surface area contributed by atoms with Gasteiger partial charge in [0.2, 0.25) is 0 Å². The van der Waals surface area contributed by atoms with E-state index < -0.39 is 0 Å². The van der Waals surface area contributed by atoms with Crippen LogP contribution in [0.2, 0.25) is 0 Å².